The Bertz CT molecular complexity index is 577. The number of likely N-dealkylation sites (tertiary alicyclic amines) is 1. The van der Waals surface area contributed by atoms with E-state index in [-0.39, 0.29) is 6.04 Å². The molecule has 0 aliphatic carbocycles. The molecule has 2 aliphatic rings. The van der Waals surface area contributed by atoms with E-state index in [4.69, 9.17) is 14.1 Å². The molecule has 0 saturated carbocycles. The molecular weight excluding hydrogens is 328 g/mol. The summed E-state index contributed by atoms with van der Waals surface area (Å²) in [6.45, 7) is 8.42. The molecular formula is C20H32N4O2. The summed E-state index contributed by atoms with van der Waals surface area (Å²) in [5.74, 6) is 1.90. The lowest BCUT2D eigenvalue weighted by molar-refractivity contribution is 0.153. The molecule has 6 nitrogen and oxygen atoms in total. The molecule has 1 aromatic rings. The number of aliphatic imine (C=N–C) groups is 1. The third-order valence-electron chi connectivity index (χ3n) is 5.02. The van der Waals surface area contributed by atoms with E-state index in [0.717, 1.165) is 64.0 Å². The number of furan rings is 1. The number of hydrogen-bond donors (Lipinski definition) is 2. The molecule has 0 bridgehead atoms. The normalized spacial score (nSPS) is 20.0. The van der Waals surface area contributed by atoms with E-state index in [9.17, 15) is 0 Å². The second kappa shape index (κ2) is 10.4. The minimum atomic E-state index is 0.223. The molecule has 26 heavy (non-hydrogen) atoms. The van der Waals surface area contributed by atoms with Gasteiger partial charge >= 0.3 is 0 Å². The summed E-state index contributed by atoms with van der Waals surface area (Å²) in [6.07, 6.45) is 8.57. The van der Waals surface area contributed by atoms with E-state index in [0.29, 0.717) is 6.54 Å². The Morgan fingerprint density at radius 2 is 2.19 bits per heavy atom. The predicted octanol–water partition coefficient (Wildman–Crippen LogP) is 2.71. The Kier molecular flexibility index (Phi) is 7.58. The van der Waals surface area contributed by atoms with Crippen LogP contribution in [0.5, 0.6) is 0 Å². The SMILES string of the molecule is CCNC(=NCC(c1ccco1)N1CCCC1)NCCC1=CCOCC1. The van der Waals surface area contributed by atoms with Gasteiger partial charge in [0, 0.05) is 13.1 Å². The number of hydrogen-bond acceptors (Lipinski definition) is 4. The molecule has 1 fully saturated rings. The van der Waals surface area contributed by atoms with Crippen LogP contribution in [0.15, 0.2) is 39.5 Å². The van der Waals surface area contributed by atoms with Crippen LogP contribution in [0.1, 0.15) is 44.4 Å². The van der Waals surface area contributed by atoms with Gasteiger partial charge in [-0.15, -0.1) is 0 Å². The maximum absolute atomic E-state index is 5.69. The van der Waals surface area contributed by atoms with Gasteiger partial charge in [-0.3, -0.25) is 9.89 Å². The van der Waals surface area contributed by atoms with Crippen molar-refractivity contribution >= 4 is 5.96 Å². The fourth-order valence-corrected chi connectivity index (χ4v) is 3.57. The van der Waals surface area contributed by atoms with Gasteiger partial charge in [0.15, 0.2) is 5.96 Å². The third-order valence-corrected chi connectivity index (χ3v) is 5.02. The summed E-state index contributed by atoms with van der Waals surface area (Å²) >= 11 is 0. The van der Waals surface area contributed by atoms with E-state index in [2.05, 4.69) is 34.6 Å². The first-order valence-corrected chi connectivity index (χ1v) is 9.92. The molecule has 2 aliphatic heterocycles. The molecule has 1 saturated heterocycles. The van der Waals surface area contributed by atoms with Gasteiger partial charge in [-0.2, -0.15) is 0 Å². The zero-order chi connectivity index (χ0) is 18.0. The molecule has 1 atom stereocenters. The molecule has 2 N–H and O–H groups in total. The maximum atomic E-state index is 5.69. The second-order valence-electron chi connectivity index (χ2n) is 6.86. The summed E-state index contributed by atoms with van der Waals surface area (Å²) in [6, 6.07) is 4.25. The van der Waals surface area contributed by atoms with Crippen LogP contribution in [-0.2, 0) is 4.74 Å². The highest BCUT2D eigenvalue weighted by Crippen LogP contribution is 2.25. The van der Waals surface area contributed by atoms with Crippen LogP contribution in [-0.4, -0.2) is 56.8 Å². The average molecular weight is 361 g/mol. The first kappa shape index (κ1) is 19.0. The fraction of sp³-hybridized carbons (Fsp3) is 0.650. The van der Waals surface area contributed by atoms with Crippen LogP contribution in [0.2, 0.25) is 0 Å². The minimum Gasteiger partial charge on any atom is -0.468 e. The molecule has 0 amide bonds. The van der Waals surface area contributed by atoms with Gasteiger partial charge in [0.1, 0.15) is 5.76 Å². The first-order chi connectivity index (χ1) is 12.9. The van der Waals surface area contributed by atoms with Gasteiger partial charge in [-0.25, -0.2) is 0 Å². The summed E-state index contributed by atoms with van der Waals surface area (Å²) in [5.41, 5.74) is 1.48. The Hall–Kier alpha value is -1.79. The zero-order valence-electron chi connectivity index (χ0n) is 15.9. The molecule has 6 heteroatoms. The van der Waals surface area contributed by atoms with Crippen LogP contribution >= 0.6 is 0 Å². The van der Waals surface area contributed by atoms with Gasteiger partial charge in [0.05, 0.1) is 32.1 Å². The Morgan fingerprint density at radius 1 is 1.31 bits per heavy atom. The van der Waals surface area contributed by atoms with Crippen molar-refractivity contribution in [1.82, 2.24) is 15.5 Å². The van der Waals surface area contributed by atoms with Crippen molar-refractivity contribution in [3.63, 3.8) is 0 Å². The number of nitrogens with one attached hydrogen (secondary N) is 2. The van der Waals surface area contributed by atoms with Gasteiger partial charge in [-0.05, 0) is 57.8 Å². The average Bonchev–Trinajstić information content (AvgIpc) is 3.37. The highest BCUT2D eigenvalue weighted by molar-refractivity contribution is 5.79. The van der Waals surface area contributed by atoms with Crippen molar-refractivity contribution in [1.29, 1.82) is 0 Å². The van der Waals surface area contributed by atoms with Gasteiger partial charge in [0.2, 0.25) is 0 Å². The number of guanidine groups is 1. The minimum absolute atomic E-state index is 0.223. The fourth-order valence-electron chi connectivity index (χ4n) is 3.57. The molecule has 0 radical (unpaired) electrons. The highest BCUT2D eigenvalue weighted by Gasteiger charge is 2.25. The van der Waals surface area contributed by atoms with E-state index < -0.39 is 0 Å². The Morgan fingerprint density at radius 3 is 2.88 bits per heavy atom. The summed E-state index contributed by atoms with van der Waals surface area (Å²) in [5, 5.41) is 6.82. The molecule has 1 aromatic heterocycles. The van der Waals surface area contributed by atoms with Crippen LogP contribution in [0.4, 0.5) is 0 Å². The van der Waals surface area contributed by atoms with Crippen molar-refractivity contribution in [2.75, 3.05) is 45.9 Å². The summed E-state index contributed by atoms with van der Waals surface area (Å²) < 4.78 is 11.1. The molecule has 0 aromatic carbocycles. The van der Waals surface area contributed by atoms with E-state index in [1.165, 1.54) is 18.4 Å². The van der Waals surface area contributed by atoms with Gasteiger partial charge in [-0.1, -0.05) is 11.6 Å². The summed E-state index contributed by atoms with van der Waals surface area (Å²) in [7, 11) is 0. The van der Waals surface area contributed by atoms with Crippen molar-refractivity contribution < 1.29 is 9.15 Å². The Labute approximate surface area is 156 Å². The van der Waals surface area contributed by atoms with E-state index in [1.807, 2.05) is 6.07 Å². The second-order valence-corrected chi connectivity index (χ2v) is 6.86. The van der Waals surface area contributed by atoms with Crippen molar-refractivity contribution in [3.05, 3.63) is 35.8 Å². The largest absolute Gasteiger partial charge is 0.468 e. The van der Waals surface area contributed by atoms with Crippen LogP contribution in [0, 0.1) is 0 Å². The van der Waals surface area contributed by atoms with Crippen LogP contribution in [0.25, 0.3) is 0 Å². The molecule has 3 rings (SSSR count). The van der Waals surface area contributed by atoms with Crippen LogP contribution < -0.4 is 10.6 Å². The molecule has 1 unspecified atom stereocenters. The zero-order valence-corrected chi connectivity index (χ0v) is 15.9. The first-order valence-electron chi connectivity index (χ1n) is 9.92. The predicted molar refractivity (Wildman–Crippen MR) is 104 cm³/mol. The maximum Gasteiger partial charge on any atom is 0.191 e. The highest BCUT2D eigenvalue weighted by atomic mass is 16.5. The van der Waals surface area contributed by atoms with Crippen molar-refractivity contribution in [2.45, 2.75) is 38.6 Å². The number of ether oxygens (including phenoxy) is 1. The van der Waals surface area contributed by atoms with Gasteiger partial charge in [0.25, 0.3) is 0 Å². The third kappa shape index (κ3) is 5.61. The smallest absolute Gasteiger partial charge is 0.191 e. The standard InChI is InChI=1S/C20H32N4O2/c1-2-21-20(22-10-7-17-8-14-25-15-9-17)23-16-18(19-6-5-13-26-19)24-11-3-4-12-24/h5-6,8,13,18H,2-4,7,9-12,14-16H2,1H3,(H2,21,22,23). The van der Waals surface area contributed by atoms with Crippen molar-refractivity contribution in [2.24, 2.45) is 4.99 Å². The quantitative estimate of drug-likeness (QED) is 0.424. The lowest BCUT2D eigenvalue weighted by Crippen LogP contribution is -2.39. The van der Waals surface area contributed by atoms with E-state index in [1.54, 1.807) is 6.26 Å². The Balaban J connectivity index is 1.56. The van der Waals surface area contributed by atoms with Gasteiger partial charge < -0.3 is 19.8 Å². The monoisotopic (exact) mass is 360 g/mol. The molecule has 3 heterocycles. The number of nitrogens with zero attached hydrogens (tertiary/aromatic N) is 2. The lowest BCUT2D eigenvalue weighted by atomic mass is 10.1. The number of rotatable bonds is 8. The molecule has 0 spiro atoms. The summed E-state index contributed by atoms with van der Waals surface area (Å²) in [4.78, 5) is 7.33. The topological polar surface area (TPSA) is 62.0 Å². The van der Waals surface area contributed by atoms with Crippen molar-refractivity contribution in [3.8, 4) is 0 Å². The lowest BCUT2D eigenvalue weighted by Gasteiger charge is -2.24. The molecule has 144 valence electrons. The van der Waals surface area contributed by atoms with Crippen LogP contribution in [0.3, 0.4) is 0 Å². The van der Waals surface area contributed by atoms with E-state index >= 15 is 0 Å².